The Bertz CT molecular complexity index is 1130. The second kappa shape index (κ2) is 7.46. The lowest BCUT2D eigenvalue weighted by Gasteiger charge is -2.39. The molecule has 29 heavy (non-hydrogen) atoms. The van der Waals surface area contributed by atoms with Crippen molar-refractivity contribution in [3.63, 3.8) is 0 Å². The third-order valence-corrected chi connectivity index (χ3v) is 6.80. The van der Waals surface area contributed by atoms with Crippen LogP contribution >= 0.6 is 27.3 Å². The van der Waals surface area contributed by atoms with Gasteiger partial charge in [0, 0.05) is 40.4 Å². The Hall–Kier alpha value is -2.96. The molecular weight excluding hydrogens is 456 g/mol. The van der Waals surface area contributed by atoms with Crippen molar-refractivity contribution >= 4 is 44.4 Å². The third-order valence-electron chi connectivity index (χ3n) is 5.11. The predicted molar refractivity (Wildman–Crippen MR) is 113 cm³/mol. The molecule has 7 nitrogen and oxygen atoms in total. The van der Waals surface area contributed by atoms with Gasteiger partial charge in [0.25, 0.3) is 5.69 Å². The van der Waals surface area contributed by atoms with Crippen molar-refractivity contribution in [1.29, 1.82) is 5.26 Å². The van der Waals surface area contributed by atoms with Crippen LogP contribution in [0.5, 0.6) is 0 Å². The average Bonchev–Trinajstić information content (AvgIpc) is 3.13. The number of carbonyl (C=O) groups excluding carboxylic acids is 1. The minimum absolute atomic E-state index is 0.00735. The molecule has 0 saturated heterocycles. The summed E-state index contributed by atoms with van der Waals surface area (Å²) in [5, 5.41) is 20.9. The first-order chi connectivity index (χ1) is 13.9. The van der Waals surface area contributed by atoms with Crippen LogP contribution in [0, 0.1) is 21.4 Å². The number of hydrogen-bond donors (Lipinski definition) is 1. The molecule has 4 rings (SSSR count). The zero-order chi connectivity index (χ0) is 20.7. The van der Waals surface area contributed by atoms with E-state index < -0.39 is 10.8 Å². The van der Waals surface area contributed by atoms with Crippen LogP contribution < -0.4 is 10.6 Å². The molecule has 0 fully saturated rings. The lowest BCUT2D eigenvalue weighted by Crippen LogP contribution is -2.38. The Morgan fingerprint density at radius 2 is 1.97 bits per heavy atom. The summed E-state index contributed by atoms with van der Waals surface area (Å²) in [6.07, 6.45) is 1.76. The second-order valence-electron chi connectivity index (χ2n) is 6.73. The number of nitro benzene ring substituents is 1. The Morgan fingerprint density at radius 3 is 2.55 bits per heavy atom. The Morgan fingerprint density at radius 1 is 1.24 bits per heavy atom. The highest BCUT2D eigenvalue weighted by Crippen LogP contribution is 2.48. The van der Waals surface area contributed by atoms with Crippen molar-refractivity contribution in [3.05, 3.63) is 77.8 Å². The van der Waals surface area contributed by atoms with Crippen molar-refractivity contribution < 1.29 is 9.72 Å². The zero-order valence-electron chi connectivity index (χ0n) is 15.1. The van der Waals surface area contributed by atoms with E-state index in [1.807, 2.05) is 12.1 Å². The zero-order valence-corrected chi connectivity index (χ0v) is 17.5. The SMILES string of the molecule is N#CC1=C(N)N(c2ccc([N+](=O)[O-])cc2)C2=C(C(=O)CCC2)[C@@H]1c1ccc(Br)s1. The third kappa shape index (κ3) is 3.24. The molecule has 9 heteroatoms. The molecule has 0 amide bonds. The quantitative estimate of drug-likeness (QED) is 0.512. The number of hydrogen-bond acceptors (Lipinski definition) is 7. The summed E-state index contributed by atoms with van der Waals surface area (Å²) in [7, 11) is 0. The standard InChI is InChI=1S/C20H15BrN4O3S/c21-17-9-8-16(29-17)18-13(10-22)20(23)24(14-2-1-3-15(26)19(14)18)11-4-6-12(7-5-11)25(27)28/h4-9,18H,1-3,23H2/t18-/m0/s1. The molecule has 0 radical (unpaired) electrons. The van der Waals surface area contributed by atoms with Crippen LogP contribution in [-0.2, 0) is 4.79 Å². The number of ketones is 1. The molecule has 146 valence electrons. The number of rotatable bonds is 3. The number of nitrogens with two attached hydrogens (primary N) is 1. The first-order valence-corrected chi connectivity index (χ1v) is 10.5. The molecule has 1 atom stereocenters. The normalized spacial score (nSPS) is 19.2. The smallest absolute Gasteiger partial charge is 0.269 e. The maximum Gasteiger partial charge on any atom is 0.269 e. The minimum atomic E-state index is -0.492. The first kappa shape index (κ1) is 19.4. The van der Waals surface area contributed by atoms with Gasteiger partial charge < -0.3 is 5.73 Å². The summed E-state index contributed by atoms with van der Waals surface area (Å²) in [6.45, 7) is 0. The molecule has 2 heterocycles. The number of nitro groups is 1. The van der Waals surface area contributed by atoms with Crippen LogP contribution in [0.3, 0.4) is 0 Å². The first-order valence-electron chi connectivity index (χ1n) is 8.88. The second-order valence-corrected chi connectivity index (χ2v) is 9.23. The number of Topliss-reactive ketones (excluding diaryl/α,β-unsaturated/α-hetero) is 1. The maximum absolute atomic E-state index is 13.0. The number of non-ortho nitro benzene ring substituents is 1. The number of benzene rings is 1. The van der Waals surface area contributed by atoms with Gasteiger partial charge in [0.2, 0.25) is 0 Å². The van der Waals surface area contributed by atoms with E-state index >= 15 is 0 Å². The number of thiophene rings is 1. The number of nitrogens with zero attached hydrogens (tertiary/aromatic N) is 3. The number of anilines is 1. The molecule has 1 aliphatic carbocycles. The lowest BCUT2D eigenvalue weighted by atomic mass is 9.78. The average molecular weight is 471 g/mol. The Labute approximate surface area is 179 Å². The fourth-order valence-corrected chi connectivity index (χ4v) is 5.42. The Balaban J connectivity index is 1.92. The van der Waals surface area contributed by atoms with E-state index in [-0.39, 0.29) is 17.3 Å². The molecule has 1 aromatic heterocycles. The summed E-state index contributed by atoms with van der Waals surface area (Å²) in [6, 6.07) is 12.0. The summed E-state index contributed by atoms with van der Waals surface area (Å²) < 4.78 is 0.909. The van der Waals surface area contributed by atoms with Gasteiger partial charge in [-0.05, 0) is 53.0 Å². The minimum Gasteiger partial charge on any atom is -0.384 e. The van der Waals surface area contributed by atoms with Crippen molar-refractivity contribution in [1.82, 2.24) is 0 Å². The topological polar surface area (TPSA) is 113 Å². The number of nitriles is 1. The predicted octanol–water partition coefficient (Wildman–Crippen LogP) is 4.72. The highest BCUT2D eigenvalue weighted by molar-refractivity contribution is 9.11. The largest absolute Gasteiger partial charge is 0.384 e. The van der Waals surface area contributed by atoms with Crippen LogP contribution in [0.4, 0.5) is 11.4 Å². The molecule has 0 saturated carbocycles. The summed E-state index contributed by atoms with van der Waals surface area (Å²) >= 11 is 4.92. The molecule has 2 aromatic rings. The van der Waals surface area contributed by atoms with Gasteiger partial charge in [-0.15, -0.1) is 11.3 Å². The van der Waals surface area contributed by atoms with Crippen LogP contribution in [0.1, 0.15) is 30.1 Å². The van der Waals surface area contributed by atoms with Crippen LogP contribution in [-0.4, -0.2) is 10.7 Å². The van der Waals surface area contributed by atoms with E-state index in [4.69, 9.17) is 5.73 Å². The van der Waals surface area contributed by atoms with Gasteiger partial charge >= 0.3 is 0 Å². The van der Waals surface area contributed by atoms with Crippen LogP contribution in [0.2, 0.25) is 0 Å². The molecule has 1 aliphatic heterocycles. The summed E-state index contributed by atoms with van der Waals surface area (Å²) in [5.41, 5.74) is 8.67. The fraction of sp³-hybridized carbons (Fsp3) is 0.200. The van der Waals surface area contributed by atoms with Gasteiger partial charge in [-0.25, -0.2) is 0 Å². The molecule has 0 spiro atoms. The highest BCUT2D eigenvalue weighted by atomic mass is 79.9. The molecule has 2 aliphatic rings. The van der Waals surface area contributed by atoms with Gasteiger partial charge in [0.15, 0.2) is 5.78 Å². The summed E-state index contributed by atoms with van der Waals surface area (Å²) in [4.78, 5) is 26.0. The fourth-order valence-electron chi connectivity index (χ4n) is 3.87. The number of halogens is 1. The molecule has 1 aromatic carbocycles. The maximum atomic E-state index is 13.0. The van der Waals surface area contributed by atoms with Crippen LogP contribution in [0.15, 0.2) is 62.8 Å². The van der Waals surface area contributed by atoms with Crippen molar-refractivity contribution in [2.75, 3.05) is 4.90 Å². The Kier molecular flexibility index (Phi) is 4.98. The van der Waals surface area contributed by atoms with Gasteiger partial charge in [0.05, 0.1) is 26.3 Å². The van der Waals surface area contributed by atoms with E-state index in [1.165, 1.54) is 23.5 Å². The van der Waals surface area contributed by atoms with Crippen molar-refractivity contribution in [2.45, 2.75) is 25.2 Å². The van der Waals surface area contributed by atoms with E-state index in [1.54, 1.807) is 17.0 Å². The molecule has 0 bridgehead atoms. The highest BCUT2D eigenvalue weighted by Gasteiger charge is 2.40. The monoisotopic (exact) mass is 470 g/mol. The van der Waals surface area contributed by atoms with Crippen molar-refractivity contribution in [2.24, 2.45) is 5.73 Å². The van der Waals surface area contributed by atoms with Gasteiger partial charge in [-0.2, -0.15) is 5.26 Å². The summed E-state index contributed by atoms with van der Waals surface area (Å²) in [5.74, 6) is -0.231. The van der Waals surface area contributed by atoms with E-state index in [0.717, 1.165) is 14.4 Å². The molecular formula is C20H15BrN4O3S. The van der Waals surface area contributed by atoms with E-state index in [2.05, 4.69) is 22.0 Å². The van der Waals surface area contributed by atoms with Gasteiger partial charge in [-0.3, -0.25) is 19.8 Å². The number of allylic oxidation sites excluding steroid dienone is 3. The van der Waals surface area contributed by atoms with Crippen LogP contribution in [0.25, 0.3) is 0 Å². The van der Waals surface area contributed by atoms with Gasteiger partial charge in [-0.1, -0.05) is 0 Å². The van der Waals surface area contributed by atoms with Crippen molar-refractivity contribution in [3.8, 4) is 6.07 Å². The van der Waals surface area contributed by atoms with E-state index in [9.17, 15) is 20.2 Å². The van der Waals surface area contributed by atoms with E-state index in [0.29, 0.717) is 36.1 Å². The molecule has 0 unspecified atom stereocenters. The molecule has 2 N–H and O–H groups in total. The number of carbonyl (C=O) groups is 1. The van der Waals surface area contributed by atoms with Gasteiger partial charge in [0.1, 0.15) is 5.82 Å². The lowest BCUT2D eigenvalue weighted by molar-refractivity contribution is -0.384.